The van der Waals surface area contributed by atoms with Crippen LogP contribution in [0.1, 0.15) is 29.5 Å². The van der Waals surface area contributed by atoms with Crippen LogP contribution in [0.3, 0.4) is 0 Å². The van der Waals surface area contributed by atoms with Gasteiger partial charge in [0.1, 0.15) is 11.6 Å². The SMILES string of the molecule is Nc1cncc(/C=C/c2cc(Nc3nc(Cl)ncc3Cl)ccc2NC2CCN(C(=O)OCc3ccccc3)CC2)c1. The number of hydrogen-bond donors (Lipinski definition) is 3. The van der Waals surface area contributed by atoms with Crippen molar-refractivity contribution in [3.05, 3.63) is 100 Å². The fourth-order valence-electron chi connectivity index (χ4n) is 4.47. The molecule has 2 aromatic heterocycles. The number of pyridine rings is 1. The van der Waals surface area contributed by atoms with Crippen LogP contribution in [-0.4, -0.2) is 45.1 Å². The number of hydrogen-bond acceptors (Lipinski definition) is 8. The zero-order chi connectivity index (χ0) is 28.6. The van der Waals surface area contributed by atoms with Crippen LogP contribution in [0.4, 0.5) is 27.7 Å². The van der Waals surface area contributed by atoms with Gasteiger partial charge in [0.15, 0.2) is 5.82 Å². The highest BCUT2D eigenvalue weighted by Crippen LogP contribution is 2.29. The number of nitrogens with one attached hydrogen (secondary N) is 2. The first-order valence-electron chi connectivity index (χ1n) is 13.1. The smallest absolute Gasteiger partial charge is 0.410 e. The molecule has 0 saturated carbocycles. The fourth-order valence-corrected chi connectivity index (χ4v) is 4.74. The van der Waals surface area contributed by atoms with Gasteiger partial charge in [-0.25, -0.2) is 9.78 Å². The Bertz CT molecular complexity index is 1530. The van der Waals surface area contributed by atoms with Gasteiger partial charge in [0.25, 0.3) is 0 Å². The van der Waals surface area contributed by atoms with E-state index < -0.39 is 0 Å². The molecule has 3 heterocycles. The number of nitrogens with zero attached hydrogens (tertiary/aromatic N) is 4. The molecule has 5 rings (SSSR count). The topological polar surface area (TPSA) is 118 Å². The number of anilines is 4. The molecule has 210 valence electrons. The Labute approximate surface area is 248 Å². The van der Waals surface area contributed by atoms with Crippen LogP contribution in [-0.2, 0) is 11.3 Å². The molecule has 4 N–H and O–H groups in total. The minimum atomic E-state index is -0.286. The van der Waals surface area contributed by atoms with Gasteiger partial charge >= 0.3 is 6.09 Å². The number of nitrogen functional groups attached to an aromatic ring is 1. The molecule has 0 unspecified atom stereocenters. The van der Waals surface area contributed by atoms with Crippen molar-refractivity contribution in [1.29, 1.82) is 0 Å². The molecule has 0 aliphatic carbocycles. The van der Waals surface area contributed by atoms with E-state index in [2.05, 4.69) is 25.6 Å². The third kappa shape index (κ3) is 7.87. The van der Waals surface area contributed by atoms with Gasteiger partial charge in [0.05, 0.1) is 11.9 Å². The lowest BCUT2D eigenvalue weighted by atomic mass is 10.0. The van der Waals surface area contributed by atoms with Crippen molar-refractivity contribution >= 4 is 64.3 Å². The number of carbonyl (C=O) groups is 1. The molecule has 11 heteroatoms. The number of rotatable bonds is 8. The molecule has 1 amide bonds. The van der Waals surface area contributed by atoms with Crippen LogP contribution in [0, 0.1) is 0 Å². The van der Waals surface area contributed by atoms with Crippen LogP contribution >= 0.6 is 23.2 Å². The molecule has 41 heavy (non-hydrogen) atoms. The van der Waals surface area contributed by atoms with Gasteiger partial charge in [-0.05, 0) is 65.4 Å². The Balaban J connectivity index is 1.27. The van der Waals surface area contributed by atoms with E-state index in [1.54, 1.807) is 17.3 Å². The third-order valence-corrected chi connectivity index (χ3v) is 7.04. The van der Waals surface area contributed by atoms with Crippen molar-refractivity contribution in [3.63, 3.8) is 0 Å². The highest BCUT2D eigenvalue weighted by molar-refractivity contribution is 6.33. The molecule has 4 aromatic rings. The van der Waals surface area contributed by atoms with Crippen molar-refractivity contribution in [2.45, 2.75) is 25.5 Å². The van der Waals surface area contributed by atoms with Crippen molar-refractivity contribution < 1.29 is 9.53 Å². The molecule has 1 aliphatic rings. The van der Waals surface area contributed by atoms with Gasteiger partial charge in [0.2, 0.25) is 5.28 Å². The minimum Gasteiger partial charge on any atom is -0.445 e. The molecule has 0 spiro atoms. The number of carbonyl (C=O) groups excluding carboxylic acids is 1. The lowest BCUT2D eigenvalue weighted by Crippen LogP contribution is -2.42. The first-order valence-corrected chi connectivity index (χ1v) is 13.9. The molecule has 0 atom stereocenters. The van der Waals surface area contributed by atoms with E-state index in [1.165, 1.54) is 6.20 Å². The summed E-state index contributed by atoms with van der Waals surface area (Å²) in [5.74, 6) is 0.411. The fraction of sp³-hybridized carbons (Fsp3) is 0.200. The van der Waals surface area contributed by atoms with Crippen LogP contribution < -0.4 is 16.4 Å². The van der Waals surface area contributed by atoms with E-state index in [-0.39, 0.29) is 24.0 Å². The number of aromatic nitrogens is 3. The summed E-state index contributed by atoms with van der Waals surface area (Å²) in [5.41, 5.74) is 11.0. The maximum Gasteiger partial charge on any atom is 0.410 e. The second-order valence-corrected chi connectivity index (χ2v) is 10.3. The summed E-state index contributed by atoms with van der Waals surface area (Å²) >= 11 is 12.2. The Morgan fingerprint density at radius 3 is 2.63 bits per heavy atom. The zero-order valence-electron chi connectivity index (χ0n) is 22.1. The number of likely N-dealkylation sites (tertiary alicyclic amines) is 1. The van der Waals surface area contributed by atoms with E-state index in [1.807, 2.05) is 66.7 Å². The Hall–Kier alpha value is -4.34. The molecule has 9 nitrogen and oxygen atoms in total. The number of piperidine rings is 1. The quantitative estimate of drug-likeness (QED) is 0.190. The van der Waals surface area contributed by atoms with E-state index in [9.17, 15) is 4.79 Å². The molecular formula is C30H29Cl2N7O2. The van der Waals surface area contributed by atoms with Crippen molar-refractivity contribution in [2.24, 2.45) is 0 Å². The van der Waals surface area contributed by atoms with E-state index in [0.29, 0.717) is 29.6 Å². The number of ether oxygens (including phenoxy) is 1. The third-order valence-electron chi connectivity index (χ3n) is 6.58. The van der Waals surface area contributed by atoms with Crippen LogP contribution in [0.25, 0.3) is 12.2 Å². The summed E-state index contributed by atoms with van der Waals surface area (Å²) in [4.78, 5) is 26.6. The van der Waals surface area contributed by atoms with Gasteiger partial charge < -0.3 is 26.0 Å². The highest BCUT2D eigenvalue weighted by atomic mass is 35.5. The Morgan fingerprint density at radius 2 is 1.85 bits per heavy atom. The Morgan fingerprint density at radius 1 is 1.05 bits per heavy atom. The second kappa shape index (κ2) is 13.3. The Kier molecular flexibility index (Phi) is 9.18. The highest BCUT2D eigenvalue weighted by Gasteiger charge is 2.24. The van der Waals surface area contributed by atoms with Gasteiger partial charge in [-0.2, -0.15) is 4.98 Å². The molecule has 2 aromatic carbocycles. The summed E-state index contributed by atoms with van der Waals surface area (Å²) in [6.07, 6.45) is 10.0. The van der Waals surface area contributed by atoms with Gasteiger partial charge in [-0.15, -0.1) is 0 Å². The first kappa shape index (κ1) is 28.2. The molecule has 1 aliphatic heterocycles. The van der Waals surface area contributed by atoms with E-state index in [0.717, 1.165) is 40.9 Å². The van der Waals surface area contributed by atoms with Crippen LogP contribution in [0.2, 0.25) is 10.3 Å². The molecule has 0 radical (unpaired) electrons. The number of nitrogens with two attached hydrogens (primary N) is 1. The lowest BCUT2D eigenvalue weighted by Gasteiger charge is -2.32. The predicted molar refractivity (Wildman–Crippen MR) is 164 cm³/mol. The first-order chi connectivity index (χ1) is 19.9. The monoisotopic (exact) mass is 589 g/mol. The van der Waals surface area contributed by atoms with Crippen molar-refractivity contribution in [1.82, 2.24) is 19.9 Å². The number of benzene rings is 2. The molecular weight excluding hydrogens is 561 g/mol. The molecule has 1 fully saturated rings. The summed E-state index contributed by atoms with van der Waals surface area (Å²) in [6.45, 7) is 1.49. The van der Waals surface area contributed by atoms with Gasteiger partial charge in [0, 0.05) is 42.9 Å². The number of amides is 1. The number of halogens is 2. The summed E-state index contributed by atoms with van der Waals surface area (Å²) < 4.78 is 5.51. The van der Waals surface area contributed by atoms with Crippen LogP contribution in [0.15, 0.2) is 73.2 Å². The van der Waals surface area contributed by atoms with E-state index in [4.69, 9.17) is 33.7 Å². The van der Waals surface area contributed by atoms with Crippen molar-refractivity contribution in [2.75, 3.05) is 29.5 Å². The van der Waals surface area contributed by atoms with Crippen molar-refractivity contribution in [3.8, 4) is 0 Å². The van der Waals surface area contributed by atoms with Gasteiger partial charge in [-0.1, -0.05) is 54.1 Å². The second-order valence-electron chi connectivity index (χ2n) is 9.59. The molecule has 0 bridgehead atoms. The largest absolute Gasteiger partial charge is 0.445 e. The zero-order valence-corrected chi connectivity index (χ0v) is 23.6. The standard InChI is InChI=1S/C30H29Cl2N7O2/c31-26-18-35-29(32)38-28(26)37-25-8-9-27(22(15-25)7-6-21-14-23(33)17-34-16-21)36-24-10-12-39(13-11-24)30(40)41-19-20-4-2-1-3-5-20/h1-9,14-18,24,36H,10-13,19,33H2,(H,35,37,38)/b7-6+. The maximum atomic E-state index is 12.6. The normalized spacial score (nSPS) is 13.8. The summed E-state index contributed by atoms with van der Waals surface area (Å²) in [5, 5.41) is 7.32. The van der Waals surface area contributed by atoms with Gasteiger partial charge in [-0.3, -0.25) is 4.98 Å². The summed E-state index contributed by atoms with van der Waals surface area (Å²) in [7, 11) is 0. The minimum absolute atomic E-state index is 0.0970. The van der Waals surface area contributed by atoms with E-state index >= 15 is 0 Å². The predicted octanol–water partition coefficient (Wildman–Crippen LogP) is 6.89. The average molecular weight is 591 g/mol. The van der Waals surface area contributed by atoms with Crippen LogP contribution in [0.5, 0.6) is 0 Å². The average Bonchev–Trinajstić information content (AvgIpc) is 2.99. The summed E-state index contributed by atoms with van der Waals surface area (Å²) in [6, 6.07) is 17.6. The maximum absolute atomic E-state index is 12.6. The lowest BCUT2D eigenvalue weighted by molar-refractivity contribution is 0.0882. The molecule has 1 saturated heterocycles.